The zero-order valence-electron chi connectivity index (χ0n) is 8.50. The highest BCUT2D eigenvalue weighted by Gasteiger charge is 2.06. The molecule has 0 spiro atoms. The van der Waals surface area contributed by atoms with Crippen LogP contribution in [-0.4, -0.2) is 16.2 Å². The van der Waals surface area contributed by atoms with Gasteiger partial charge >= 0.3 is 0 Å². The van der Waals surface area contributed by atoms with Crippen LogP contribution in [0.15, 0.2) is 30.2 Å². The Morgan fingerprint density at radius 2 is 2.44 bits per heavy atom. The lowest BCUT2D eigenvalue weighted by molar-refractivity contribution is 1.22. The van der Waals surface area contributed by atoms with Crippen molar-refractivity contribution in [3.05, 3.63) is 40.8 Å². The van der Waals surface area contributed by atoms with Gasteiger partial charge in [0.1, 0.15) is 5.65 Å². The van der Waals surface area contributed by atoms with Gasteiger partial charge in [0.05, 0.1) is 5.02 Å². The van der Waals surface area contributed by atoms with Gasteiger partial charge < -0.3 is 16.1 Å². The number of aromatic amines is 1. The van der Waals surface area contributed by atoms with E-state index >= 15 is 0 Å². The molecule has 0 unspecified atom stereocenters. The first kappa shape index (κ1) is 10.7. The van der Waals surface area contributed by atoms with E-state index in [0.717, 1.165) is 22.2 Å². The van der Waals surface area contributed by atoms with Gasteiger partial charge in [-0.15, -0.1) is 0 Å². The van der Waals surface area contributed by atoms with Crippen molar-refractivity contribution in [3.8, 4) is 0 Å². The highest BCUT2D eigenvalue weighted by Crippen LogP contribution is 2.21. The smallest absolute Gasteiger partial charge is 0.137 e. The predicted molar refractivity (Wildman–Crippen MR) is 65.9 cm³/mol. The van der Waals surface area contributed by atoms with E-state index in [1.165, 1.54) is 12.4 Å². The molecule has 0 saturated carbocycles. The van der Waals surface area contributed by atoms with E-state index < -0.39 is 0 Å². The molecular weight excluding hydrogens is 224 g/mol. The van der Waals surface area contributed by atoms with Crippen molar-refractivity contribution in [2.45, 2.75) is 6.42 Å². The van der Waals surface area contributed by atoms with Crippen LogP contribution in [0.4, 0.5) is 0 Å². The Morgan fingerprint density at radius 1 is 1.62 bits per heavy atom. The van der Waals surface area contributed by atoms with Gasteiger partial charge in [0.25, 0.3) is 0 Å². The molecule has 0 saturated heterocycles. The molecule has 0 amide bonds. The molecule has 5 heteroatoms. The molecule has 0 aliphatic carbocycles. The maximum atomic E-state index is 7.19. The molecular formula is C11H11ClN4. The number of rotatable bonds is 3. The minimum Gasteiger partial charge on any atom is -0.404 e. The first-order valence-corrected chi connectivity index (χ1v) is 5.15. The standard InChI is InChI=1S/C11H11ClN4/c12-9-2-10-8(1-7(3-13)4-14)5-15-11(10)16-6-9/h2-6,13H,1,14H2,(H,15,16). The van der Waals surface area contributed by atoms with Gasteiger partial charge in [-0.25, -0.2) is 4.98 Å². The summed E-state index contributed by atoms with van der Waals surface area (Å²) >= 11 is 5.89. The van der Waals surface area contributed by atoms with E-state index in [1.807, 2.05) is 12.3 Å². The number of hydrogen-bond donors (Lipinski definition) is 3. The molecule has 0 bridgehead atoms. The number of H-pyrrole nitrogens is 1. The second-order valence-electron chi connectivity index (χ2n) is 3.43. The fourth-order valence-corrected chi connectivity index (χ4v) is 1.71. The summed E-state index contributed by atoms with van der Waals surface area (Å²) in [4.78, 5) is 7.22. The summed E-state index contributed by atoms with van der Waals surface area (Å²) in [7, 11) is 0. The van der Waals surface area contributed by atoms with Crippen LogP contribution in [0.1, 0.15) is 5.56 Å². The Balaban J connectivity index is 2.45. The van der Waals surface area contributed by atoms with Gasteiger partial charge in [-0.3, -0.25) is 0 Å². The van der Waals surface area contributed by atoms with Gasteiger partial charge in [-0.1, -0.05) is 11.6 Å². The van der Waals surface area contributed by atoms with Gasteiger partial charge in [0.2, 0.25) is 0 Å². The lowest BCUT2D eigenvalue weighted by atomic mass is 10.1. The van der Waals surface area contributed by atoms with Crippen LogP contribution in [0.3, 0.4) is 0 Å². The summed E-state index contributed by atoms with van der Waals surface area (Å²) in [5.41, 5.74) is 7.98. The van der Waals surface area contributed by atoms with Crippen LogP contribution in [0, 0.1) is 5.41 Å². The number of nitrogens with two attached hydrogens (primary N) is 1. The summed E-state index contributed by atoms with van der Waals surface area (Å²) in [6.07, 6.45) is 6.74. The number of fused-ring (bicyclic) bond motifs is 1. The average Bonchev–Trinajstić information content (AvgIpc) is 2.68. The van der Waals surface area contributed by atoms with Crippen molar-refractivity contribution in [1.82, 2.24) is 9.97 Å². The molecule has 2 rings (SSSR count). The van der Waals surface area contributed by atoms with Crippen LogP contribution >= 0.6 is 11.6 Å². The average molecular weight is 235 g/mol. The minimum absolute atomic E-state index is 0.599. The van der Waals surface area contributed by atoms with Gasteiger partial charge in [-0.05, 0) is 23.4 Å². The van der Waals surface area contributed by atoms with Gasteiger partial charge in [0, 0.05) is 30.4 Å². The first-order valence-electron chi connectivity index (χ1n) is 4.77. The lowest BCUT2D eigenvalue weighted by Crippen LogP contribution is -1.94. The molecule has 2 aromatic heterocycles. The maximum Gasteiger partial charge on any atom is 0.137 e. The fraction of sp³-hybridized carbons (Fsp3) is 0.0909. The van der Waals surface area contributed by atoms with Crippen LogP contribution < -0.4 is 5.73 Å². The summed E-state index contributed by atoms with van der Waals surface area (Å²) in [6.45, 7) is 0. The van der Waals surface area contributed by atoms with Crippen LogP contribution in [-0.2, 0) is 6.42 Å². The molecule has 0 aromatic carbocycles. The van der Waals surface area contributed by atoms with E-state index in [4.69, 9.17) is 22.7 Å². The minimum atomic E-state index is 0.599. The third kappa shape index (κ3) is 1.92. The van der Waals surface area contributed by atoms with E-state index in [2.05, 4.69) is 9.97 Å². The Labute approximate surface area is 97.6 Å². The summed E-state index contributed by atoms with van der Waals surface area (Å²) in [5.74, 6) is 0. The Kier molecular flexibility index (Phi) is 2.92. The quantitative estimate of drug-likeness (QED) is 0.713. The monoisotopic (exact) mass is 234 g/mol. The highest BCUT2D eigenvalue weighted by atomic mass is 35.5. The van der Waals surface area contributed by atoms with Crippen molar-refractivity contribution in [2.75, 3.05) is 0 Å². The molecule has 0 atom stereocenters. The molecule has 82 valence electrons. The van der Waals surface area contributed by atoms with Gasteiger partial charge in [0.15, 0.2) is 0 Å². The normalized spacial score (nSPS) is 11.9. The van der Waals surface area contributed by atoms with E-state index in [1.54, 1.807) is 6.20 Å². The number of halogens is 1. The van der Waals surface area contributed by atoms with Crippen molar-refractivity contribution in [1.29, 1.82) is 5.41 Å². The van der Waals surface area contributed by atoms with Crippen LogP contribution in [0.5, 0.6) is 0 Å². The van der Waals surface area contributed by atoms with E-state index in [-0.39, 0.29) is 0 Å². The Morgan fingerprint density at radius 3 is 3.12 bits per heavy atom. The summed E-state index contributed by atoms with van der Waals surface area (Å²) in [6, 6.07) is 1.85. The zero-order chi connectivity index (χ0) is 11.5. The largest absolute Gasteiger partial charge is 0.404 e. The van der Waals surface area contributed by atoms with E-state index in [0.29, 0.717) is 11.4 Å². The maximum absolute atomic E-state index is 7.19. The second-order valence-corrected chi connectivity index (χ2v) is 3.86. The van der Waals surface area contributed by atoms with Crippen molar-refractivity contribution in [3.63, 3.8) is 0 Å². The molecule has 0 fully saturated rings. The third-order valence-corrected chi connectivity index (χ3v) is 2.58. The molecule has 4 N–H and O–H groups in total. The van der Waals surface area contributed by atoms with Crippen molar-refractivity contribution >= 4 is 28.8 Å². The van der Waals surface area contributed by atoms with Crippen molar-refractivity contribution in [2.24, 2.45) is 5.73 Å². The first-order chi connectivity index (χ1) is 7.74. The van der Waals surface area contributed by atoms with E-state index in [9.17, 15) is 0 Å². The summed E-state index contributed by atoms with van der Waals surface area (Å²) in [5, 5.41) is 8.75. The fourth-order valence-electron chi connectivity index (χ4n) is 1.56. The SMILES string of the molecule is N=CC(=CN)Cc1c[nH]c2ncc(Cl)cc12. The number of nitrogens with one attached hydrogen (secondary N) is 2. The molecule has 0 radical (unpaired) electrons. The second kappa shape index (κ2) is 4.37. The molecule has 2 aromatic rings. The number of allylic oxidation sites excluding steroid dienone is 1. The number of nitrogens with zero attached hydrogens (tertiary/aromatic N) is 1. The third-order valence-electron chi connectivity index (χ3n) is 2.38. The van der Waals surface area contributed by atoms with Crippen LogP contribution in [0.2, 0.25) is 5.02 Å². The van der Waals surface area contributed by atoms with Gasteiger partial charge in [-0.2, -0.15) is 0 Å². The molecule has 16 heavy (non-hydrogen) atoms. The number of aromatic nitrogens is 2. The number of hydrogen-bond acceptors (Lipinski definition) is 3. The molecule has 2 heterocycles. The zero-order valence-corrected chi connectivity index (χ0v) is 9.25. The number of pyridine rings is 1. The molecule has 0 aliphatic heterocycles. The predicted octanol–water partition coefficient (Wildman–Crippen LogP) is 2.25. The molecule has 4 nitrogen and oxygen atoms in total. The Hall–Kier alpha value is -1.81. The van der Waals surface area contributed by atoms with Crippen LogP contribution in [0.25, 0.3) is 11.0 Å². The topological polar surface area (TPSA) is 78.5 Å². The summed E-state index contributed by atoms with van der Waals surface area (Å²) < 4.78 is 0. The Bertz CT molecular complexity index is 556. The van der Waals surface area contributed by atoms with Crippen molar-refractivity contribution < 1.29 is 0 Å². The lowest BCUT2D eigenvalue weighted by Gasteiger charge is -1.99. The highest BCUT2D eigenvalue weighted by molar-refractivity contribution is 6.31. The molecule has 0 aliphatic rings.